The molecule has 0 fully saturated rings. The second-order valence-electron chi connectivity index (χ2n) is 4.74. The lowest BCUT2D eigenvalue weighted by molar-refractivity contribution is 0.477. The standard InChI is InChI=1S/C17H15N3O.CH4.H3P/c1-3-11-20-17(13-7-4-5-9-15(13)21)12(2)16(19-20)14-8-6-10-18-14;;/h4-9,21H,10H2,1-2H3;1H4;1H3. The average Bonchev–Trinajstić information content (AvgIpc) is 3.09. The zero-order valence-corrected chi connectivity index (χ0v) is 14.1. The molecule has 1 aromatic carbocycles. The normalized spacial score (nSPS) is 11.8. The summed E-state index contributed by atoms with van der Waals surface area (Å²) >= 11 is 0. The Morgan fingerprint density at radius 1 is 1.26 bits per heavy atom. The molecule has 1 aliphatic heterocycles. The number of aromatic nitrogens is 2. The van der Waals surface area contributed by atoms with Crippen LogP contribution in [0.4, 0.5) is 0 Å². The fourth-order valence-corrected chi connectivity index (χ4v) is 2.44. The Labute approximate surface area is 140 Å². The Bertz CT molecular complexity index is 823. The highest BCUT2D eigenvalue weighted by Crippen LogP contribution is 2.32. The Balaban J connectivity index is 0.00000132. The predicted molar refractivity (Wildman–Crippen MR) is 101 cm³/mol. The topological polar surface area (TPSA) is 50.4 Å². The maximum Gasteiger partial charge on any atom is 0.125 e. The van der Waals surface area contributed by atoms with Crippen LogP contribution in [0.2, 0.25) is 0 Å². The van der Waals surface area contributed by atoms with E-state index in [0.717, 1.165) is 28.2 Å². The molecule has 1 N–H and O–H groups in total. The van der Waals surface area contributed by atoms with Crippen LogP contribution in [-0.2, 0) is 0 Å². The first-order valence-corrected chi connectivity index (χ1v) is 6.74. The molecule has 1 unspecified atom stereocenters. The van der Waals surface area contributed by atoms with Crippen LogP contribution in [0, 0.1) is 18.9 Å². The van der Waals surface area contributed by atoms with Gasteiger partial charge in [0.15, 0.2) is 0 Å². The first-order valence-electron chi connectivity index (χ1n) is 6.74. The zero-order chi connectivity index (χ0) is 14.8. The third-order valence-corrected chi connectivity index (χ3v) is 3.38. The van der Waals surface area contributed by atoms with Crippen LogP contribution in [0.1, 0.15) is 25.6 Å². The molecule has 3 rings (SSSR count). The van der Waals surface area contributed by atoms with Gasteiger partial charge in [-0.2, -0.15) is 19.7 Å². The number of benzene rings is 1. The van der Waals surface area contributed by atoms with Crippen molar-refractivity contribution in [2.24, 2.45) is 4.99 Å². The Morgan fingerprint density at radius 3 is 2.61 bits per heavy atom. The monoisotopic (exact) mass is 327 g/mol. The predicted octanol–water partition coefficient (Wildman–Crippen LogP) is 3.45. The van der Waals surface area contributed by atoms with E-state index < -0.39 is 0 Å². The van der Waals surface area contributed by atoms with Crippen molar-refractivity contribution in [3.63, 3.8) is 0 Å². The van der Waals surface area contributed by atoms with Crippen molar-refractivity contribution in [3.05, 3.63) is 47.7 Å². The van der Waals surface area contributed by atoms with Crippen LogP contribution in [0.15, 0.2) is 41.4 Å². The van der Waals surface area contributed by atoms with Crippen molar-refractivity contribution in [2.75, 3.05) is 6.54 Å². The van der Waals surface area contributed by atoms with Gasteiger partial charge in [0.25, 0.3) is 0 Å². The van der Waals surface area contributed by atoms with Crippen LogP contribution in [0.25, 0.3) is 11.3 Å². The van der Waals surface area contributed by atoms with Crippen molar-refractivity contribution in [2.45, 2.75) is 21.3 Å². The van der Waals surface area contributed by atoms with Crippen molar-refractivity contribution < 1.29 is 5.11 Å². The summed E-state index contributed by atoms with van der Waals surface area (Å²) in [6, 6.07) is 10.2. The van der Waals surface area contributed by atoms with Gasteiger partial charge in [0.2, 0.25) is 0 Å². The molecule has 2 aromatic rings. The highest BCUT2D eigenvalue weighted by atomic mass is 31.0. The molecular formula is C18H22N3OP. The van der Waals surface area contributed by atoms with Crippen LogP contribution in [-0.4, -0.2) is 27.1 Å². The first-order chi connectivity index (χ1) is 10.2. The molecule has 120 valence electrons. The van der Waals surface area contributed by atoms with Gasteiger partial charge < -0.3 is 5.11 Å². The number of para-hydroxylation sites is 1. The average molecular weight is 327 g/mol. The van der Waals surface area contributed by atoms with E-state index in [1.54, 1.807) is 23.7 Å². The summed E-state index contributed by atoms with van der Waals surface area (Å²) < 4.78 is 1.62. The number of nitrogens with zero attached hydrogens (tertiary/aromatic N) is 3. The molecule has 0 saturated heterocycles. The van der Waals surface area contributed by atoms with Crippen LogP contribution in [0.5, 0.6) is 5.75 Å². The van der Waals surface area contributed by atoms with E-state index in [2.05, 4.69) is 22.1 Å². The Hall–Kier alpha value is -2.37. The molecule has 2 heterocycles. The summed E-state index contributed by atoms with van der Waals surface area (Å²) in [5.41, 5.74) is 4.16. The van der Waals surface area contributed by atoms with E-state index in [1.807, 2.05) is 31.2 Å². The summed E-state index contributed by atoms with van der Waals surface area (Å²) in [7, 11) is 0. The molecule has 1 atom stereocenters. The first kappa shape index (κ1) is 18.7. The lowest BCUT2D eigenvalue weighted by atomic mass is 10.0. The van der Waals surface area contributed by atoms with Gasteiger partial charge in [0.05, 0.1) is 18.0 Å². The lowest BCUT2D eigenvalue weighted by Crippen LogP contribution is -1.99. The van der Waals surface area contributed by atoms with Crippen molar-refractivity contribution in [3.8, 4) is 29.0 Å². The van der Waals surface area contributed by atoms with E-state index >= 15 is 0 Å². The SMILES string of the molecule is C.CC#Cn1nc(C2=NCC=C2)c(C)c1-c1ccccc1O.P. The maximum atomic E-state index is 10.1. The van der Waals surface area contributed by atoms with Crippen LogP contribution >= 0.6 is 9.90 Å². The van der Waals surface area contributed by atoms with Gasteiger partial charge in [-0.25, -0.2) is 0 Å². The lowest BCUT2D eigenvalue weighted by Gasteiger charge is -2.05. The van der Waals surface area contributed by atoms with Crippen LogP contribution in [0.3, 0.4) is 0 Å². The number of rotatable bonds is 2. The highest BCUT2D eigenvalue weighted by Gasteiger charge is 2.20. The third kappa shape index (κ3) is 3.36. The molecule has 4 nitrogen and oxygen atoms in total. The molecule has 0 bridgehead atoms. The number of phenolic OH excluding ortho intramolecular Hbond substituents is 1. The maximum absolute atomic E-state index is 10.1. The minimum atomic E-state index is 0. The fourth-order valence-electron chi connectivity index (χ4n) is 2.44. The van der Waals surface area contributed by atoms with Gasteiger partial charge in [-0.3, -0.25) is 4.99 Å². The van der Waals surface area contributed by atoms with Crippen LogP contribution < -0.4 is 0 Å². The van der Waals surface area contributed by atoms with Gasteiger partial charge >= 0.3 is 0 Å². The molecule has 23 heavy (non-hydrogen) atoms. The number of allylic oxidation sites excluding steroid dienone is 1. The van der Waals surface area contributed by atoms with Gasteiger partial charge in [0.1, 0.15) is 11.4 Å². The van der Waals surface area contributed by atoms with E-state index in [0.29, 0.717) is 6.54 Å². The van der Waals surface area contributed by atoms with Crippen molar-refractivity contribution >= 4 is 15.6 Å². The fraction of sp³-hybridized carbons (Fsp3) is 0.222. The number of aliphatic imine (C=N–C) groups is 1. The number of hydrogen-bond acceptors (Lipinski definition) is 3. The summed E-state index contributed by atoms with van der Waals surface area (Å²) in [5.74, 6) is 3.07. The molecule has 0 amide bonds. The molecule has 0 aliphatic carbocycles. The van der Waals surface area contributed by atoms with Gasteiger partial charge in [-0.1, -0.05) is 31.6 Å². The third-order valence-electron chi connectivity index (χ3n) is 3.38. The molecule has 0 saturated carbocycles. The minimum absolute atomic E-state index is 0. The summed E-state index contributed by atoms with van der Waals surface area (Å²) in [6.07, 6.45) is 3.96. The molecular weight excluding hydrogens is 305 g/mol. The highest BCUT2D eigenvalue weighted by molar-refractivity contribution is 6.92. The van der Waals surface area contributed by atoms with Crippen molar-refractivity contribution in [1.29, 1.82) is 0 Å². The molecule has 0 spiro atoms. The smallest absolute Gasteiger partial charge is 0.125 e. The second-order valence-corrected chi connectivity index (χ2v) is 4.74. The zero-order valence-electron chi connectivity index (χ0n) is 12.7. The Kier molecular flexibility index (Phi) is 6.30. The van der Waals surface area contributed by atoms with Gasteiger partial charge in [-0.05, 0) is 32.1 Å². The quantitative estimate of drug-likeness (QED) is 0.678. The largest absolute Gasteiger partial charge is 0.507 e. The number of hydrogen-bond donors (Lipinski definition) is 1. The van der Waals surface area contributed by atoms with Gasteiger partial charge in [-0.15, -0.1) is 0 Å². The second kappa shape index (κ2) is 7.76. The summed E-state index contributed by atoms with van der Waals surface area (Å²) in [6.45, 7) is 4.43. The van der Waals surface area contributed by atoms with E-state index in [4.69, 9.17) is 0 Å². The van der Waals surface area contributed by atoms with E-state index in [1.165, 1.54) is 0 Å². The molecule has 1 aliphatic rings. The Morgan fingerprint density at radius 2 is 2.00 bits per heavy atom. The molecule has 1 aromatic heterocycles. The summed E-state index contributed by atoms with van der Waals surface area (Å²) in [5, 5.41) is 14.7. The van der Waals surface area contributed by atoms with Crippen molar-refractivity contribution in [1.82, 2.24) is 9.78 Å². The number of phenols is 1. The minimum Gasteiger partial charge on any atom is -0.507 e. The molecule has 5 heteroatoms. The van der Waals surface area contributed by atoms with Gasteiger partial charge in [0, 0.05) is 17.2 Å². The van der Waals surface area contributed by atoms with E-state index in [-0.39, 0.29) is 23.1 Å². The van der Waals surface area contributed by atoms with E-state index in [9.17, 15) is 5.11 Å². The molecule has 0 radical (unpaired) electrons. The number of aromatic hydroxyl groups is 1. The summed E-state index contributed by atoms with van der Waals surface area (Å²) in [4.78, 5) is 4.42.